The Labute approximate surface area is 130 Å². The van der Waals surface area contributed by atoms with Crippen LogP contribution in [0.3, 0.4) is 0 Å². The average Bonchev–Trinajstić information content (AvgIpc) is 2.79. The fourth-order valence-electron chi connectivity index (χ4n) is 2.34. The zero-order chi connectivity index (χ0) is 15.4. The third-order valence-electron chi connectivity index (χ3n) is 3.62. The first-order chi connectivity index (χ1) is 10.1. The van der Waals surface area contributed by atoms with E-state index in [0.29, 0.717) is 6.42 Å². The van der Waals surface area contributed by atoms with Crippen molar-refractivity contribution in [1.29, 1.82) is 0 Å². The average molecular weight is 309 g/mol. The smallest absolute Gasteiger partial charge is 0.118 e. The van der Waals surface area contributed by atoms with E-state index in [1.807, 2.05) is 42.9 Å². The van der Waals surface area contributed by atoms with E-state index in [1.54, 1.807) is 7.11 Å². The molecule has 1 atom stereocenters. The second-order valence-corrected chi connectivity index (χ2v) is 5.26. The number of ether oxygens (including phenoxy) is 1. The number of nitrogens with two attached hydrogens (primary N) is 1. The number of halogens is 1. The summed E-state index contributed by atoms with van der Waals surface area (Å²) in [6.45, 7) is 2.04. The highest BCUT2D eigenvalue weighted by Crippen LogP contribution is 2.26. The molecular formula is C15H21ClN4O. The molecule has 0 spiro atoms. The quantitative estimate of drug-likeness (QED) is 0.635. The molecule has 0 saturated carbocycles. The highest BCUT2D eigenvalue weighted by molar-refractivity contribution is 6.31. The molecule has 1 unspecified atom stereocenters. The minimum absolute atomic E-state index is 0.0338. The normalized spacial score (nSPS) is 12.4. The van der Waals surface area contributed by atoms with Crippen molar-refractivity contribution in [2.45, 2.75) is 25.8 Å². The SMILES string of the molecule is CCc1nn(C)c(CC(NN)c2ccc(OC)cc2)c1Cl. The van der Waals surface area contributed by atoms with Gasteiger partial charge in [0.25, 0.3) is 0 Å². The van der Waals surface area contributed by atoms with Gasteiger partial charge >= 0.3 is 0 Å². The fourth-order valence-corrected chi connectivity index (χ4v) is 2.72. The lowest BCUT2D eigenvalue weighted by molar-refractivity contribution is 0.414. The lowest BCUT2D eigenvalue weighted by Crippen LogP contribution is -2.30. The maximum Gasteiger partial charge on any atom is 0.118 e. The molecule has 0 aliphatic carbocycles. The van der Waals surface area contributed by atoms with Crippen LogP contribution in [-0.4, -0.2) is 16.9 Å². The molecule has 21 heavy (non-hydrogen) atoms. The molecule has 0 radical (unpaired) electrons. The van der Waals surface area contributed by atoms with Crippen LogP contribution in [0, 0.1) is 0 Å². The van der Waals surface area contributed by atoms with E-state index in [-0.39, 0.29) is 6.04 Å². The zero-order valence-corrected chi connectivity index (χ0v) is 13.3. The number of hydrazine groups is 1. The summed E-state index contributed by atoms with van der Waals surface area (Å²) in [5.41, 5.74) is 5.82. The van der Waals surface area contributed by atoms with E-state index in [4.69, 9.17) is 22.2 Å². The molecule has 1 heterocycles. The van der Waals surface area contributed by atoms with Crippen LogP contribution in [0.5, 0.6) is 5.75 Å². The van der Waals surface area contributed by atoms with Gasteiger partial charge in [-0.05, 0) is 24.1 Å². The summed E-state index contributed by atoms with van der Waals surface area (Å²) < 4.78 is 7.00. The van der Waals surface area contributed by atoms with Gasteiger partial charge in [-0.15, -0.1) is 0 Å². The third-order valence-corrected chi connectivity index (χ3v) is 4.06. The number of methoxy groups -OCH3 is 1. The standard InChI is InChI=1S/C15H21ClN4O/c1-4-12-15(16)14(20(2)19-12)9-13(18-17)10-5-7-11(21-3)8-6-10/h5-8,13,18H,4,9,17H2,1-3H3. The van der Waals surface area contributed by atoms with E-state index < -0.39 is 0 Å². The molecule has 0 bridgehead atoms. The first-order valence-electron chi connectivity index (χ1n) is 6.91. The number of nitrogens with one attached hydrogen (secondary N) is 1. The molecule has 0 aliphatic heterocycles. The largest absolute Gasteiger partial charge is 0.497 e. The Kier molecular flexibility index (Phi) is 5.22. The number of aromatic nitrogens is 2. The van der Waals surface area contributed by atoms with Crippen LogP contribution in [0.2, 0.25) is 5.02 Å². The predicted octanol–water partition coefficient (Wildman–Crippen LogP) is 2.39. The van der Waals surface area contributed by atoms with Gasteiger partial charge in [0.1, 0.15) is 5.75 Å². The summed E-state index contributed by atoms with van der Waals surface area (Å²) in [5, 5.41) is 5.16. The Balaban J connectivity index is 2.24. The number of rotatable bonds is 6. The number of hydrogen-bond donors (Lipinski definition) is 2. The summed E-state index contributed by atoms with van der Waals surface area (Å²) in [5.74, 6) is 6.53. The summed E-state index contributed by atoms with van der Waals surface area (Å²) in [7, 11) is 3.55. The van der Waals surface area contributed by atoms with Gasteiger partial charge in [0.2, 0.25) is 0 Å². The summed E-state index contributed by atoms with van der Waals surface area (Å²) >= 11 is 6.39. The van der Waals surface area contributed by atoms with Crippen LogP contribution in [-0.2, 0) is 19.9 Å². The molecule has 5 nitrogen and oxygen atoms in total. The molecule has 3 N–H and O–H groups in total. The Bertz CT molecular complexity index is 594. The topological polar surface area (TPSA) is 65.1 Å². The molecule has 2 aromatic rings. The zero-order valence-electron chi connectivity index (χ0n) is 12.6. The molecule has 0 amide bonds. The van der Waals surface area contributed by atoms with Crippen LogP contribution in [0.25, 0.3) is 0 Å². The second kappa shape index (κ2) is 6.93. The van der Waals surface area contributed by atoms with E-state index in [0.717, 1.165) is 34.1 Å². The van der Waals surface area contributed by atoms with Gasteiger partial charge in [-0.25, -0.2) is 0 Å². The Hall–Kier alpha value is -1.56. The van der Waals surface area contributed by atoms with Gasteiger partial charge in [-0.2, -0.15) is 5.10 Å². The van der Waals surface area contributed by atoms with Crippen LogP contribution in [0.1, 0.15) is 29.9 Å². The molecule has 0 fully saturated rings. The number of nitrogens with zero attached hydrogens (tertiary/aromatic N) is 2. The molecule has 1 aromatic carbocycles. The van der Waals surface area contributed by atoms with E-state index in [2.05, 4.69) is 10.5 Å². The molecule has 0 saturated heterocycles. The predicted molar refractivity (Wildman–Crippen MR) is 84.4 cm³/mol. The van der Waals surface area contributed by atoms with Crippen molar-refractivity contribution >= 4 is 11.6 Å². The van der Waals surface area contributed by atoms with Crippen molar-refractivity contribution in [2.24, 2.45) is 12.9 Å². The molecular weight excluding hydrogens is 288 g/mol. The van der Waals surface area contributed by atoms with Gasteiger partial charge in [-0.1, -0.05) is 30.7 Å². The Morgan fingerprint density at radius 3 is 2.52 bits per heavy atom. The van der Waals surface area contributed by atoms with Gasteiger partial charge < -0.3 is 4.74 Å². The summed E-state index contributed by atoms with van der Waals surface area (Å²) in [4.78, 5) is 0. The van der Waals surface area contributed by atoms with Crippen molar-refractivity contribution in [2.75, 3.05) is 7.11 Å². The molecule has 1 aromatic heterocycles. The number of hydrogen-bond acceptors (Lipinski definition) is 4. The third kappa shape index (κ3) is 3.37. The van der Waals surface area contributed by atoms with Crippen LogP contribution < -0.4 is 16.0 Å². The van der Waals surface area contributed by atoms with Crippen LogP contribution in [0.15, 0.2) is 24.3 Å². The van der Waals surface area contributed by atoms with Crippen LogP contribution in [0.4, 0.5) is 0 Å². The second-order valence-electron chi connectivity index (χ2n) is 4.88. The Morgan fingerprint density at radius 2 is 2.05 bits per heavy atom. The van der Waals surface area contributed by atoms with E-state index in [9.17, 15) is 0 Å². The molecule has 2 rings (SSSR count). The number of aryl methyl sites for hydroxylation is 2. The van der Waals surface area contributed by atoms with Crippen molar-refractivity contribution in [3.05, 3.63) is 46.2 Å². The molecule has 114 valence electrons. The lowest BCUT2D eigenvalue weighted by Gasteiger charge is -2.17. The van der Waals surface area contributed by atoms with Crippen molar-refractivity contribution in [1.82, 2.24) is 15.2 Å². The summed E-state index contributed by atoms with van der Waals surface area (Å²) in [6, 6.07) is 7.79. The summed E-state index contributed by atoms with van der Waals surface area (Å²) in [6.07, 6.45) is 1.49. The minimum Gasteiger partial charge on any atom is -0.497 e. The Morgan fingerprint density at radius 1 is 1.38 bits per heavy atom. The fraction of sp³-hybridized carbons (Fsp3) is 0.400. The molecule has 0 aliphatic rings. The maximum absolute atomic E-state index is 6.39. The lowest BCUT2D eigenvalue weighted by atomic mass is 10.0. The monoisotopic (exact) mass is 308 g/mol. The van der Waals surface area contributed by atoms with Crippen molar-refractivity contribution < 1.29 is 4.74 Å². The maximum atomic E-state index is 6.39. The van der Waals surface area contributed by atoms with Crippen molar-refractivity contribution in [3.63, 3.8) is 0 Å². The van der Waals surface area contributed by atoms with Gasteiger partial charge in [0, 0.05) is 13.5 Å². The van der Waals surface area contributed by atoms with Crippen molar-refractivity contribution in [3.8, 4) is 5.75 Å². The van der Waals surface area contributed by atoms with E-state index >= 15 is 0 Å². The first-order valence-corrected chi connectivity index (χ1v) is 7.28. The number of benzene rings is 1. The van der Waals surface area contributed by atoms with Gasteiger partial charge in [0.15, 0.2) is 0 Å². The highest BCUT2D eigenvalue weighted by Gasteiger charge is 2.18. The molecule has 6 heteroatoms. The van der Waals surface area contributed by atoms with Gasteiger partial charge in [-0.3, -0.25) is 16.0 Å². The van der Waals surface area contributed by atoms with E-state index in [1.165, 1.54) is 0 Å². The highest BCUT2D eigenvalue weighted by atomic mass is 35.5. The van der Waals surface area contributed by atoms with Crippen LogP contribution >= 0.6 is 11.6 Å². The van der Waals surface area contributed by atoms with Gasteiger partial charge in [0.05, 0.1) is 29.6 Å². The first kappa shape index (κ1) is 15.8. The minimum atomic E-state index is -0.0338.